The Kier molecular flexibility index (Phi) is 6.45. The Morgan fingerprint density at radius 3 is 2.61 bits per heavy atom. The van der Waals surface area contributed by atoms with Gasteiger partial charge in [0.15, 0.2) is 0 Å². The van der Waals surface area contributed by atoms with Crippen molar-refractivity contribution in [1.82, 2.24) is 5.32 Å². The lowest BCUT2D eigenvalue weighted by atomic mass is 10.2. The van der Waals surface area contributed by atoms with E-state index in [-0.39, 0.29) is 5.91 Å². The first kappa shape index (κ1) is 16.8. The van der Waals surface area contributed by atoms with Crippen LogP contribution in [-0.2, 0) is 11.3 Å². The zero-order valence-corrected chi connectivity index (χ0v) is 13.4. The summed E-state index contributed by atoms with van der Waals surface area (Å²) in [5, 5.41) is 3.45. The van der Waals surface area contributed by atoms with Crippen molar-refractivity contribution in [3.8, 4) is 5.75 Å². The van der Waals surface area contributed by atoms with Gasteiger partial charge in [-0.25, -0.2) is 0 Å². The van der Waals surface area contributed by atoms with Gasteiger partial charge in [-0.05, 0) is 35.4 Å². The maximum atomic E-state index is 11.8. The van der Waals surface area contributed by atoms with E-state index in [2.05, 4.69) is 11.9 Å². The predicted molar refractivity (Wildman–Crippen MR) is 94.5 cm³/mol. The van der Waals surface area contributed by atoms with Crippen LogP contribution in [-0.4, -0.2) is 12.5 Å². The van der Waals surface area contributed by atoms with E-state index in [1.807, 2.05) is 42.5 Å². The minimum absolute atomic E-state index is 0.170. The highest BCUT2D eigenvalue weighted by Crippen LogP contribution is 2.15. The van der Waals surface area contributed by atoms with Gasteiger partial charge in [0.25, 0.3) is 0 Å². The summed E-state index contributed by atoms with van der Waals surface area (Å²) in [6.07, 6.45) is 4.94. The number of carbonyl (C=O) groups is 1. The predicted octanol–water partition coefficient (Wildman–Crippen LogP) is 4.23. The Balaban J connectivity index is 1.86. The van der Waals surface area contributed by atoms with Crippen molar-refractivity contribution < 1.29 is 9.53 Å². The first-order valence-corrected chi connectivity index (χ1v) is 7.60. The summed E-state index contributed by atoms with van der Waals surface area (Å²) in [6, 6.07) is 14.9. The molecule has 0 unspecified atom stereocenters. The van der Waals surface area contributed by atoms with Crippen LogP contribution in [0.15, 0.2) is 67.3 Å². The average molecular weight is 328 g/mol. The van der Waals surface area contributed by atoms with Crippen LogP contribution in [0.1, 0.15) is 11.1 Å². The second-order valence-corrected chi connectivity index (χ2v) is 5.22. The fraction of sp³-hybridized carbons (Fsp3) is 0.105. The molecule has 2 aromatic rings. The lowest BCUT2D eigenvalue weighted by Crippen LogP contribution is -2.20. The zero-order valence-electron chi connectivity index (χ0n) is 12.7. The van der Waals surface area contributed by atoms with E-state index in [4.69, 9.17) is 16.3 Å². The molecule has 0 saturated carbocycles. The second-order valence-electron chi connectivity index (χ2n) is 4.81. The van der Waals surface area contributed by atoms with Crippen LogP contribution in [0.2, 0.25) is 5.02 Å². The Morgan fingerprint density at radius 2 is 1.91 bits per heavy atom. The molecule has 23 heavy (non-hydrogen) atoms. The summed E-state index contributed by atoms with van der Waals surface area (Å²) in [6.45, 7) is 4.47. The van der Waals surface area contributed by atoms with Gasteiger partial charge in [-0.1, -0.05) is 54.6 Å². The fourth-order valence-corrected chi connectivity index (χ4v) is 2.09. The fourth-order valence-electron chi connectivity index (χ4n) is 1.89. The second kappa shape index (κ2) is 8.81. The standard InChI is InChI=1S/C19H18ClNO2/c1-2-13-23-17-10-7-15(8-11-17)9-12-19(22)21-14-16-5-3-4-6-18(16)20/h2-12H,1,13-14H2,(H,21,22)/b12-9+. The Hall–Kier alpha value is -2.52. The normalized spacial score (nSPS) is 10.5. The van der Waals surface area contributed by atoms with E-state index in [9.17, 15) is 4.79 Å². The van der Waals surface area contributed by atoms with Crippen molar-refractivity contribution in [1.29, 1.82) is 0 Å². The molecule has 3 nitrogen and oxygen atoms in total. The van der Waals surface area contributed by atoms with Crippen LogP contribution < -0.4 is 10.1 Å². The Bertz CT molecular complexity index is 693. The van der Waals surface area contributed by atoms with Crippen LogP contribution in [0.3, 0.4) is 0 Å². The van der Waals surface area contributed by atoms with Crippen molar-refractivity contribution in [2.45, 2.75) is 6.54 Å². The van der Waals surface area contributed by atoms with Gasteiger partial charge in [-0.15, -0.1) is 0 Å². The summed E-state index contributed by atoms with van der Waals surface area (Å²) in [5.41, 5.74) is 1.81. The highest BCUT2D eigenvalue weighted by Gasteiger charge is 2.00. The van der Waals surface area contributed by atoms with Gasteiger partial charge < -0.3 is 10.1 Å². The molecule has 0 fully saturated rings. The molecule has 118 valence electrons. The third-order valence-corrected chi connectivity index (χ3v) is 3.45. The molecule has 0 atom stereocenters. The molecule has 2 rings (SSSR count). The maximum absolute atomic E-state index is 11.8. The van der Waals surface area contributed by atoms with Crippen molar-refractivity contribution >= 4 is 23.6 Å². The monoisotopic (exact) mass is 327 g/mol. The van der Waals surface area contributed by atoms with Gasteiger partial charge in [0.1, 0.15) is 12.4 Å². The van der Waals surface area contributed by atoms with Gasteiger partial charge in [-0.3, -0.25) is 4.79 Å². The molecule has 4 heteroatoms. The first-order chi connectivity index (χ1) is 11.2. The lowest BCUT2D eigenvalue weighted by molar-refractivity contribution is -0.116. The molecule has 0 bridgehead atoms. The molecule has 0 saturated heterocycles. The molecular weight excluding hydrogens is 310 g/mol. The highest BCUT2D eigenvalue weighted by atomic mass is 35.5. The molecule has 0 aliphatic heterocycles. The third kappa shape index (κ3) is 5.64. The van der Waals surface area contributed by atoms with Crippen LogP contribution in [0, 0.1) is 0 Å². The number of ether oxygens (including phenoxy) is 1. The van der Waals surface area contributed by atoms with Crippen molar-refractivity contribution in [2.75, 3.05) is 6.61 Å². The van der Waals surface area contributed by atoms with Crippen molar-refractivity contribution in [2.24, 2.45) is 0 Å². The summed E-state index contributed by atoms with van der Waals surface area (Å²) >= 11 is 6.04. The number of halogens is 1. The number of carbonyl (C=O) groups excluding carboxylic acids is 1. The van der Waals surface area contributed by atoms with E-state index >= 15 is 0 Å². The molecule has 0 aliphatic rings. The minimum atomic E-state index is -0.170. The average Bonchev–Trinajstić information content (AvgIpc) is 2.58. The van der Waals surface area contributed by atoms with E-state index < -0.39 is 0 Å². The van der Waals surface area contributed by atoms with Gasteiger partial charge in [0, 0.05) is 17.6 Å². The van der Waals surface area contributed by atoms with Crippen molar-refractivity contribution in [3.05, 3.63) is 83.4 Å². The molecule has 2 aromatic carbocycles. The van der Waals surface area contributed by atoms with E-state index in [0.717, 1.165) is 16.9 Å². The number of rotatable bonds is 7. The molecule has 0 aliphatic carbocycles. The summed E-state index contributed by atoms with van der Waals surface area (Å²) in [5.74, 6) is 0.599. The zero-order chi connectivity index (χ0) is 16.5. The molecule has 0 aromatic heterocycles. The molecule has 0 spiro atoms. The van der Waals surface area contributed by atoms with Gasteiger partial charge in [-0.2, -0.15) is 0 Å². The van der Waals surface area contributed by atoms with Gasteiger partial charge in [0.05, 0.1) is 0 Å². The largest absolute Gasteiger partial charge is 0.490 e. The Morgan fingerprint density at radius 1 is 1.17 bits per heavy atom. The molecule has 1 amide bonds. The number of hydrogen-bond acceptors (Lipinski definition) is 2. The lowest BCUT2D eigenvalue weighted by Gasteiger charge is -2.04. The SMILES string of the molecule is C=CCOc1ccc(/C=C/C(=O)NCc2ccccc2Cl)cc1. The highest BCUT2D eigenvalue weighted by molar-refractivity contribution is 6.31. The maximum Gasteiger partial charge on any atom is 0.244 e. The van der Waals surface area contributed by atoms with E-state index in [1.165, 1.54) is 6.08 Å². The van der Waals surface area contributed by atoms with Crippen LogP contribution in [0.4, 0.5) is 0 Å². The van der Waals surface area contributed by atoms with Crippen molar-refractivity contribution in [3.63, 3.8) is 0 Å². The Labute approximate surface area is 141 Å². The number of nitrogens with one attached hydrogen (secondary N) is 1. The van der Waals surface area contributed by atoms with Gasteiger partial charge in [0.2, 0.25) is 5.91 Å². The molecular formula is C19H18ClNO2. The smallest absolute Gasteiger partial charge is 0.244 e. The topological polar surface area (TPSA) is 38.3 Å². The molecule has 0 heterocycles. The summed E-state index contributed by atoms with van der Waals surface area (Å²) < 4.78 is 5.40. The number of hydrogen-bond donors (Lipinski definition) is 1. The molecule has 1 N–H and O–H groups in total. The van der Waals surface area contributed by atoms with Crippen LogP contribution in [0.5, 0.6) is 5.75 Å². The minimum Gasteiger partial charge on any atom is -0.490 e. The molecule has 0 radical (unpaired) electrons. The number of benzene rings is 2. The quantitative estimate of drug-likeness (QED) is 0.610. The van der Waals surface area contributed by atoms with Crippen LogP contribution in [0.25, 0.3) is 6.08 Å². The van der Waals surface area contributed by atoms with Crippen LogP contribution >= 0.6 is 11.6 Å². The summed E-state index contributed by atoms with van der Waals surface area (Å²) in [4.78, 5) is 11.8. The van der Waals surface area contributed by atoms with E-state index in [1.54, 1.807) is 18.2 Å². The number of amides is 1. The third-order valence-electron chi connectivity index (χ3n) is 3.09. The van der Waals surface area contributed by atoms with E-state index in [0.29, 0.717) is 18.2 Å². The van der Waals surface area contributed by atoms with Gasteiger partial charge >= 0.3 is 0 Å². The summed E-state index contributed by atoms with van der Waals surface area (Å²) in [7, 11) is 0. The first-order valence-electron chi connectivity index (χ1n) is 7.22.